The van der Waals surface area contributed by atoms with Gasteiger partial charge in [0.2, 0.25) is 6.23 Å². The Bertz CT molecular complexity index is 972. The second kappa shape index (κ2) is 9.50. The molecule has 0 amide bonds. The Kier molecular flexibility index (Phi) is 8.00. The van der Waals surface area contributed by atoms with Crippen LogP contribution in [0.3, 0.4) is 0 Å². The number of aromatic nitrogens is 2. The highest BCUT2D eigenvalue weighted by Gasteiger charge is 2.60. The van der Waals surface area contributed by atoms with Gasteiger partial charge in [0.1, 0.15) is 25.1 Å². The lowest BCUT2D eigenvalue weighted by Crippen LogP contribution is -2.42. The number of nitrogens with two attached hydrogens (primary N) is 1. The minimum Gasteiger partial charge on any atom is -0.756 e. The first-order valence-corrected chi connectivity index (χ1v) is 11.9. The van der Waals surface area contributed by atoms with E-state index in [-0.39, 0.29) is 19.0 Å². The van der Waals surface area contributed by atoms with Crippen LogP contribution in [0.25, 0.3) is 0 Å². The summed E-state index contributed by atoms with van der Waals surface area (Å²) in [6.07, 6.45) is -6.00. The van der Waals surface area contributed by atoms with Crippen LogP contribution in [0.4, 0.5) is 14.6 Å². The van der Waals surface area contributed by atoms with E-state index in [1.54, 1.807) is 21.1 Å². The van der Waals surface area contributed by atoms with Crippen molar-refractivity contribution in [3.63, 3.8) is 0 Å². The predicted octanol–water partition coefficient (Wildman–Crippen LogP) is -0.956. The zero-order valence-corrected chi connectivity index (χ0v) is 19.0. The van der Waals surface area contributed by atoms with Gasteiger partial charge >= 0.3 is 19.4 Å². The van der Waals surface area contributed by atoms with Crippen molar-refractivity contribution in [3.8, 4) is 0 Å². The molecule has 1 fully saturated rings. The van der Waals surface area contributed by atoms with Crippen molar-refractivity contribution in [2.75, 3.05) is 46.6 Å². The zero-order chi connectivity index (χ0) is 24.5. The molecule has 2 heterocycles. The van der Waals surface area contributed by atoms with Gasteiger partial charge in [-0.2, -0.15) is 13.8 Å². The van der Waals surface area contributed by atoms with Crippen LogP contribution >= 0.6 is 15.6 Å². The molecule has 1 saturated heterocycles. The predicted molar refractivity (Wildman–Crippen MR) is 101 cm³/mol. The zero-order valence-electron chi connectivity index (χ0n) is 17.2. The molecule has 0 aliphatic carbocycles. The summed E-state index contributed by atoms with van der Waals surface area (Å²) in [7, 11) is -5.43. The van der Waals surface area contributed by atoms with E-state index in [4.69, 9.17) is 10.5 Å². The summed E-state index contributed by atoms with van der Waals surface area (Å²) in [6, 6.07) is 1.04. The quantitative estimate of drug-likeness (QED) is 0.259. The third-order valence-electron chi connectivity index (χ3n) is 4.10. The molecule has 18 heteroatoms. The average Bonchev–Trinajstić information content (AvgIpc) is 2.81. The third kappa shape index (κ3) is 7.09. The van der Waals surface area contributed by atoms with E-state index in [0.717, 1.165) is 12.3 Å². The lowest BCUT2D eigenvalue weighted by Gasteiger charge is -2.28. The molecule has 32 heavy (non-hydrogen) atoms. The maximum atomic E-state index is 14.4. The van der Waals surface area contributed by atoms with Crippen molar-refractivity contribution in [1.29, 1.82) is 0 Å². The largest absolute Gasteiger partial charge is 0.756 e. The fourth-order valence-electron chi connectivity index (χ4n) is 2.48. The summed E-state index contributed by atoms with van der Waals surface area (Å²) >= 11 is 0. The number of phosphoric acid groups is 2. The van der Waals surface area contributed by atoms with Gasteiger partial charge in [0.05, 0.1) is 27.7 Å². The van der Waals surface area contributed by atoms with Crippen LogP contribution in [-0.4, -0.2) is 83.1 Å². The van der Waals surface area contributed by atoms with Crippen molar-refractivity contribution >= 4 is 21.5 Å². The van der Waals surface area contributed by atoms with Crippen LogP contribution < -0.4 is 16.3 Å². The van der Waals surface area contributed by atoms with Crippen molar-refractivity contribution in [3.05, 3.63) is 22.7 Å². The lowest BCUT2D eigenvalue weighted by molar-refractivity contribution is -0.870. The van der Waals surface area contributed by atoms with E-state index >= 15 is 0 Å². The number of hydrogen-bond donors (Lipinski definition) is 3. The summed E-state index contributed by atoms with van der Waals surface area (Å²) in [5.74, 6) is -4.28. The molecule has 1 aromatic rings. The van der Waals surface area contributed by atoms with E-state index in [1.165, 1.54) is 0 Å². The van der Waals surface area contributed by atoms with Crippen molar-refractivity contribution in [2.45, 2.75) is 24.4 Å². The number of rotatable bonds is 10. The van der Waals surface area contributed by atoms with Gasteiger partial charge in [-0.3, -0.25) is 13.7 Å². The molecule has 0 radical (unpaired) electrons. The number of nitrogen functional groups attached to an aromatic ring is 1. The number of halogens is 2. The van der Waals surface area contributed by atoms with Crippen LogP contribution in [0.5, 0.6) is 0 Å². The Morgan fingerprint density at radius 1 is 1.38 bits per heavy atom. The highest BCUT2D eigenvalue weighted by Crippen LogP contribution is 2.58. The van der Waals surface area contributed by atoms with Gasteiger partial charge in [-0.25, -0.2) is 13.7 Å². The molecule has 4 N–H and O–H groups in total. The topological polar surface area (TPSA) is 195 Å². The molecular formula is C14H24F2N4O10P2. The number of anilines is 1. The molecular weight excluding hydrogens is 484 g/mol. The number of alkyl halides is 2. The Morgan fingerprint density at radius 3 is 2.56 bits per heavy atom. The van der Waals surface area contributed by atoms with Crippen LogP contribution in [-0.2, 0) is 27.2 Å². The highest BCUT2D eigenvalue weighted by molar-refractivity contribution is 7.60. The minimum atomic E-state index is -5.36. The van der Waals surface area contributed by atoms with Gasteiger partial charge in [0, 0.05) is 6.20 Å². The SMILES string of the molecule is C[N+](C)(C)CCOP(=O)([O-])OP(=O)(O)OC[C@H]1O[C@@H](n2ccc(N)nc2=O)C(F)(F)[C@H]1O. The Labute approximate surface area is 180 Å². The van der Waals surface area contributed by atoms with Crippen molar-refractivity contribution in [2.24, 2.45) is 0 Å². The number of aliphatic hydroxyl groups excluding tert-OH is 1. The van der Waals surface area contributed by atoms with E-state index in [9.17, 15) is 37.6 Å². The molecule has 0 spiro atoms. The second-order valence-corrected chi connectivity index (χ2v) is 10.8. The maximum absolute atomic E-state index is 14.4. The lowest BCUT2D eigenvalue weighted by atomic mass is 10.1. The smallest absolute Gasteiger partial charge is 0.478 e. The number of nitrogens with zero attached hydrogens (tertiary/aromatic N) is 3. The number of ether oxygens (including phenoxy) is 1. The van der Waals surface area contributed by atoms with Gasteiger partial charge < -0.3 is 34.4 Å². The molecule has 0 bridgehead atoms. The molecule has 2 unspecified atom stereocenters. The molecule has 2 rings (SSSR count). The van der Waals surface area contributed by atoms with Gasteiger partial charge in [-0.15, -0.1) is 0 Å². The summed E-state index contributed by atoms with van der Waals surface area (Å²) in [5, 5.41) is 9.85. The highest BCUT2D eigenvalue weighted by atomic mass is 31.3. The van der Waals surface area contributed by atoms with E-state index in [2.05, 4.69) is 18.3 Å². The molecule has 14 nitrogen and oxygen atoms in total. The molecule has 1 aromatic heterocycles. The first kappa shape index (κ1) is 26.9. The third-order valence-corrected chi connectivity index (χ3v) is 6.70. The van der Waals surface area contributed by atoms with Crippen molar-refractivity contribution in [1.82, 2.24) is 9.55 Å². The standard InChI is InChI=1S/C14H24F2N4O10P2/c1-20(2,3)6-7-27-31(23,24)30-32(25,26)28-8-9-11(21)14(15,16)12(29-9)19-5-4-10(17)18-13(19)22/h4-5,9,11-12,21H,6-8H2,1-3H3,(H3-,17,18,22,23,24,25,26)/t9-,11+,12-/m1/s1. The molecule has 184 valence electrons. The monoisotopic (exact) mass is 508 g/mol. The van der Waals surface area contributed by atoms with E-state index in [1.807, 2.05) is 0 Å². The number of phosphoric ester groups is 2. The number of hydrogen-bond acceptors (Lipinski definition) is 11. The fraction of sp³-hybridized carbons (Fsp3) is 0.714. The van der Waals surface area contributed by atoms with Crippen LogP contribution in [0.15, 0.2) is 17.1 Å². The summed E-state index contributed by atoms with van der Waals surface area (Å²) in [4.78, 5) is 36.4. The summed E-state index contributed by atoms with van der Waals surface area (Å²) < 4.78 is 70.9. The second-order valence-electron chi connectivity index (χ2n) is 7.83. The molecule has 1 aliphatic heterocycles. The number of likely N-dealkylation sites (N-methyl/N-ethyl adjacent to an activating group) is 1. The fourth-order valence-corrected chi connectivity index (χ4v) is 4.51. The average molecular weight is 508 g/mol. The Morgan fingerprint density at radius 2 is 2.00 bits per heavy atom. The summed E-state index contributed by atoms with van der Waals surface area (Å²) in [6.45, 7) is -1.34. The van der Waals surface area contributed by atoms with Crippen molar-refractivity contribution < 1.29 is 55.4 Å². The van der Waals surface area contributed by atoms with Gasteiger partial charge in [0.25, 0.3) is 7.82 Å². The molecule has 0 aromatic carbocycles. The first-order valence-electron chi connectivity index (χ1n) is 8.94. The minimum absolute atomic E-state index is 0.212. The molecule has 0 saturated carbocycles. The normalized spacial score (nSPS) is 27.1. The van der Waals surface area contributed by atoms with Gasteiger partial charge in [0.15, 0.2) is 6.10 Å². The maximum Gasteiger partial charge on any atom is 0.478 e. The van der Waals surface area contributed by atoms with Gasteiger partial charge in [-0.1, -0.05) is 0 Å². The van der Waals surface area contributed by atoms with Crippen LogP contribution in [0.2, 0.25) is 0 Å². The Hall–Kier alpha value is -1.32. The molecule has 1 aliphatic rings. The number of aliphatic hydroxyl groups is 1. The van der Waals surface area contributed by atoms with E-state index < -0.39 is 52.3 Å². The van der Waals surface area contributed by atoms with Gasteiger partial charge in [-0.05, 0) is 6.07 Å². The first-order chi connectivity index (χ1) is 14.4. The summed E-state index contributed by atoms with van der Waals surface area (Å²) in [5.41, 5.74) is 4.10. The van der Waals surface area contributed by atoms with E-state index in [0.29, 0.717) is 9.05 Å². The Balaban J connectivity index is 2.02. The van der Waals surface area contributed by atoms with Crippen LogP contribution in [0, 0.1) is 0 Å². The number of quaternary nitrogens is 1. The van der Waals surface area contributed by atoms with Crippen LogP contribution in [0.1, 0.15) is 6.23 Å². The molecule has 5 atom stereocenters.